The van der Waals surface area contributed by atoms with Gasteiger partial charge in [0.1, 0.15) is 11.6 Å². The van der Waals surface area contributed by atoms with Gasteiger partial charge in [-0.1, -0.05) is 13.0 Å². The molecule has 0 atom stereocenters. The van der Waals surface area contributed by atoms with Gasteiger partial charge in [0.2, 0.25) is 0 Å². The number of rotatable bonds is 3. The van der Waals surface area contributed by atoms with Crippen molar-refractivity contribution in [3.63, 3.8) is 0 Å². The number of halogens is 1. The summed E-state index contributed by atoms with van der Waals surface area (Å²) in [5, 5.41) is 2.06. The molecule has 0 spiro atoms. The highest BCUT2D eigenvalue weighted by molar-refractivity contribution is 14.1. The smallest absolute Gasteiger partial charge is 0.140 e. The van der Waals surface area contributed by atoms with Gasteiger partial charge in [-0.2, -0.15) is 0 Å². The van der Waals surface area contributed by atoms with Crippen molar-refractivity contribution in [2.45, 2.75) is 19.8 Å². The molecular weight excluding hydrogens is 333 g/mol. The van der Waals surface area contributed by atoms with Crippen LogP contribution in [0.15, 0.2) is 17.5 Å². The lowest BCUT2D eigenvalue weighted by Crippen LogP contribution is -2.06. The second-order valence-corrected chi connectivity index (χ2v) is 5.51. The minimum atomic E-state index is 0.596. The molecule has 0 aliphatic rings. The van der Waals surface area contributed by atoms with Crippen LogP contribution in [0.2, 0.25) is 0 Å². The lowest BCUT2D eigenvalue weighted by atomic mass is 10.3. The highest BCUT2D eigenvalue weighted by Gasteiger charge is 2.09. The molecule has 2 N–H and O–H groups in total. The highest BCUT2D eigenvalue weighted by atomic mass is 127. The Labute approximate surface area is 112 Å². The van der Waals surface area contributed by atoms with Gasteiger partial charge in [-0.3, -0.25) is 0 Å². The van der Waals surface area contributed by atoms with Gasteiger partial charge in [0.05, 0.1) is 9.26 Å². The van der Waals surface area contributed by atoms with E-state index in [4.69, 9.17) is 5.73 Å². The topological polar surface area (TPSA) is 51.8 Å². The number of nitrogen functional groups attached to an aromatic ring is 1. The number of nitrogens with zero attached hydrogens (tertiary/aromatic N) is 2. The number of aryl methyl sites for hydroxylation is 1. The second kappa shape index (κ2) is 5.09. The fourth-order valence-electron chi connectivity index (χ4n) is 1.45. The van der Waals surface area contributed by atoms with E-state index in [-0.39, 0.29) is 0 Å². The number of thiophene rings is 1. The van der Waals surface area contributed by atoms with Gasteiger partial charge in [0.15, 0.2) is 0 Å². The van der Waals surface area contributed by atoms with Crippen LogP contribution < -0.4 is 5.73 Å². The minimum absolute atomic E-state index is 0.596. The van der Waals surface area contributed by atoms with E-state index in [2.05, 4.69) is 50.9 Å². The van der Waals surface area contributed by atoms with Crippen molar-refractivity contribution in [2.24, 2.45) is 0 Å². The normalized spacial score (nSPS) is 10.6. The van der Waals surface area contributed by atoms with Crippen LogP contribution in [0.4, 0.5) is 5.82 Å². The van der Waals surface area contributed by atoms with Crippen molar-refractivity contribution in [1.82, 2.24) is 9.97 Å². The second-order valence-electron chi connectivity index (χ2n) is 3.40. The predicted octanol–water partition coefficient (Wildman–Crippen LogP) is 2.88. The summed E-state index contributed by atoms with van der Waals surface area (Å²) >= 11 is 3.92. The number of anilines is 1. The molecule has 0 aromatic carbocycles. The first-order valence-corrected chi connectivity index (χ1v) is 6.99. The van der Waals surface area contributed by atoms with E-state index in [1.807, 2.05) is 6.07 Å². The third-order valence-corrected chi connectivity index (χ3v) is 4.29. The zero-order chi connectivity index (χ0) is 11.5. The van der Waals surface area contributed by atoms with Gasteiger partial charge in [-0.15, -0.1) is 11.3 Å². The summed E-state index contributed by atoms with van der Waals surface area (Å²) < 4.78 is 0.982. The van der Waals surface area contributed by atoms with E-state index in [0.717, 1.165) is 27.9 Å². The molecule has 2 aromatic rings. The molecule has 84 valence electrons. The molecule has 16 heavy (non-hydrogen) atoms. The lowest BCUT2D eigenvalue weighted by molar-refractivity contribution is 0.907. The van der Waals surface area contributed by atoms with E-state index in [1.165, 1.54) is 4.88 Å². The predicted molar refractivity (Wildman–Crippen MR) is 75.7 cm³/mol. The molecule has 3 nitrogen and oxygen atoms in total. The molecule has 0 saturated heterocycles. The summed E-state index contributed by atoms with van der Waals surface area (Å²) in [4.78, 5) is 10.1. The Balaban J connectivity index is 2.32. The van der Waals surface area contributed by atoms with Crippen molar-refractivity contribution in [3.05, 3.63) is 37.5 Å². The van der Waals surface area contributed by atoms with E-state index in [0.29, 0.717) is 5.82 Å². The zero-order valence-electron chi connectivity index (χ0n) is 8.90. The molecule has 0 aliphatic carbocycles. The average Bonchev–Trinajstić information content (AvgIpc) is 2.76. The average molecular weight is 345 g/mol. The Morgan fingerprint density at radius 2 is 2.25 bits per heavy atom. The summed E-state index contributed by atoms with van der Waals surface area (Å²) in [6, 6.07) is 4.13. The van der Waals surface area contributed by atoms with Crippen molar-refractivity contribution in [2.75, 3.05) is 5.73 Å². The third-order valence-electron chi connectivity index (χ3n) is 2.24. The van der Waals surface area contributed by atoms with Crippen LogP contribution in [0.5, 0.6) is 0 Å². The number of aromatic nitrogens is 2. The largest absolute Gasteiger partial charge is 0.383 e. The molecule has 0 radical (unpaired) electrons. The summed E-state index contributed by atoms with van der Waals surface area (Å²) in [5.41, 5.74) is 6.91. The van der Waals surface area contributed by atoms with Crippen LogP contribution in [0.25, 0.3) is 0 Å². The number of hydrogen-bond donors (Lipinski definition) is 1. The zero-order valence-corrected chi connectivity index (χ0v) is 11.9. The summed E-state index contributed by atoms with van der Waals surface area (Å²) in [5.74, 6) is 1.41. The molecule has 0 fully saturated rings. The number of hydrogen-bond acceptors (Lipinski definition) is 4. The minimum Gasteiger partial charge on any atom is -0.383 e. The Morgan fingerprint density at radius 1 is 1.44 bits per heavy atom. The van der Waals surface area contributed by atoms with Crippen LogP contribution >= 0.6 is 33.9 Å². The van der Waals surface area contributed by atoms with Crippen LogP contribution in [-0.2, 0) is 12.8 Å². The maximum Gasteiger partial charge on any atom is 0.140 e. The molecule has 5 heteroatoms. The van der Waals surface area contributed by atoms with Gasteiger partial charge < -0.3 is 5.73 Å². The first kappa shape index (κ1) is 11.8. The molecule has 2 rings (SSSR count). The first-order chi connectivity index (χ1) is 7.70. The summed E-state index contributed by atoms with van der Waals surface area (Å²) in [7, 11) is 0. The molecule has 0 amide bonds. The molecule has 2 aromatic heterocycles. The fraction of sp³-hybridized carbons (Fsp3) is 0.273. The SMILES string of the molecule is CCc1nc(Cc2cccs2)nc(N)c1I. The van der Waals surface area contributed by atoms with Gasteiger partial charge in [0, 0.05) is 11.3 Å². The van der Waals surface area contributed by atoms with Crippen LogP contribution in [0, 0.1) is 3.57 Å². The molecule has 0 unspecified atom stereocenters. The van der Waals surface area contributed by atoms with Gasteiger partial charge >= 0.3 is 0 Å². The van der Waals surface area contributed by atoms with Gasteiger partial charge in [0.25, 0.3) is 0 Å². The Kier molecular flexibility index (Phi) is 3.75. The monoisotopic (exact) mass is 345 g/mol. The maximum absolute atomic E-state index is 5.87. The third kappa shape index (κ3) is 2.52. The maximum atomic E-state index is 5.87. The Bertz CT molecular complexity index is 482. The number of nitrogens with two attached hydrogens (primary N) is 1. The Morgan fingerprint density at radius 3 is 2.88 bits per heavy atom. The van der Waals surface area contributed by atoms with Gasteiger partial charge in [-0.05, 0) is 40.5 Å². The highest BCUT2D eigenvalue weighted by Crippen LogP contribution is 2.19. The van der Waals surface area contributed by atoms with E-state index < -0.39 is 0 Å². The van der Waals surface area contributed by atoms with Crippen molar-refractivity contribution in [3.8, 4) is 0 Å². The quantitative estimate of drug-likeness (QED) is 0.871. The summed E-state index contributed by atoms with van der Waals surface area (Å²) in [6.07, 6.45) is 1.66. The van der Waals surface area contributed by atoms with E-state index >= 15 is 0 Å². The molecular formula is C11H12IN3S. The van der Waals surface area contributed by atoms with Gasteiger partial charge in [-0.25, -0.2) is 9.97 Å². The summed E-state index contributed by atoms with van der Waals surface area (Å²) in [6.45, 7) is 2.08. The standard InChI is InChI=1S/C11H12IN3S/c1-2-8-10(12)11(13)15-9(14-8)6-7-4-3-5-16-7/h3-5H,2,6H2,1H3,(H2,13,14,15). The molecule has 2 heterocycles. The first-order valence-electron chi connectivity index (χ1n) is 5.04. The van der Waals surface area contributed by atoms with Crippen molar-refractivity contribution >= 4 is 39.7 Å². The van der Waals surface area contributed by atoms with Crippen molar-refractivity contribution < 1.29 is 0 Å². The Hall–Kier alpha value is -0.690. The fourth-order valence-corrected chi connectivity index (χ4v) is 2.77. The van der Waals surface area contributed by atoms with Crippen LogP contribution in [0.1, 0.15) is 23.3 Å². The van der Waals surface area contributed by atoms with Crippen molar-refractivity contribution in [1.29, 1.82) is 0 Å². The lowest BCUT2D eigenvalue weighted by Gasteiger charge is -2.06. The molecule has 0 bridgehead atoms. The van der Waals surface area contributed by atoms with Crippen LogP contribution in [-0.4, -0.2) is 9.97 Å². The van der Waals surface area contributed by atoms with Crippen LogP contribution in [0.3, 0.4) is 0 Å². The van der Waals surface area contributed by atoms with E-state index in [1.54, 1.807) is 11.3 Å². The van der Waals surface area contributed by atoms with E-state index in [9.17, 15) is 0 Å². The molecule has 0 saturated carbocycles. The molecule has 0 aliphatic heterocycles.